The van der Waals surface area contributed by atoms with Crippen LogP contribution >= 0.6 is 0 Å². The highest BCUT2D eigenvalue weighted by molar-refractivity contribution is 6.16. The van der Waals surface area contributed by atoms with E-state index in [0.29, 0.717) is 22.2 Å². The quantitative estimate of drug-likeness (QED) is 0.186. The zero-order valence-electron chi connectivity index (χ0n) is 23.8. The lowest BCUT2D eigenvalue weighted by Crippen LogP contribution is -2.54. The topological polar surface area (TPSA) is 18.5 Å². The number of ether oxygens (including phenoxy) is 2. The van der Waals surface area contributed by atoms with E-state index in [9.17, 15) is 0 Å². The molecule has 2 nitrogen and oxygen atoms in total. The van der Waals surface area contributed by atoms with E-state index in [-0.39, 0.29) is 0 Å². The first kappa shape index (κ1) is 26.8. The molecule has 0 radical (unpaired) electrons. The van der Waals surface area contributed by atoms with Crippen LogP contribution in [0.3, 0.4) is 0 Å². The van der Waals surface area contributed by atoms with Crippen LogP contribution < -0.4 is 0 Å². The molecule has 0 spiro atoms. The minimum Gasteiger partial charge on any atom is -0.385 e. The van der Waals surface area contributed by atoms with Gasteiger partial charge in [0.25, 0.3) is 0 Å². The molecule has 8 atom stereocenters. The van der Waals surface area contributed by atoms with Crippen molar-refractivity contribution in [1.82, 2.24) is 0 Å². The van der Waals surface area contributed by atoms with Crippen LogP contribution in [0.5, 0.6) is 0 Å². The van der Waals surface area contributed by atoms with Crippen molar-refractivity contribution < 1.29 is 9.47 Å². The number of rotatable bonds is 10. The second kappa shape index (κ2) is 10.6. The van der Waals surface area contributed by atoms with Crippen LogP contribution in [-0.4, -0.2) is 34.3 Å². The van der Waals surface area contributed by atoms with Gasteiger partial charge in [-0.2, -0.15) is 0 Å². The fourth-order valence-corrected chi connectivity index (χ4v) is 9.90. The van der Waals surface area contributed by atoms with Crippen molar-refractivity contribution in [2.75, 3.05) is 20.3 Å². The summed E-state index contributed by atoms with van der Waals surface area (Å²) < 4.78 is 11.5. The van der Waals surface area contributed by atoms with E-state index in [1.54, 1.807) is 12.7 Å². The molecular formula is C31H55BO2. The van der Waals surface area contributed by atoms with Gasteiger partial charge < -0.3 is 9.47 Å². The summed E-state index contributed by atoms with van der Waals surface area (Å²) in [5.41, 5.74) is 2.71. The molecule has 194 valence electrons. The van der Waals surface area contributed by atoms with E-state index >= 15 is 0 Å². The van der Waals surface area contributed by atoms with Crippen molar-refractivity contribution in [1.29, 1.82) is 0 Å². The average molecular weight is 471 g/mol. The molecule has 0 amide bonds. The van der Waals surface area contributed by atoms with Crippen molar-refractivity contribution in [2.24, 2.45) is 40.4 Å². The Labute approximate surface area is 212 Å². The van der Waals surface area contributed by atoms with E-state index in [1.165, 1.54) is 70.6 Å². The Bertz CT molecular complexity index is 718. The largest absolute Gasteiger partial charge is 0.385 e. The van der Waals surface area contributed by atoms with Gasteiger partial charge in [0.1, 0.15) is 7.85 Å². The summed E-state index contributed by atoms with van der Waals surface area (Å²) in [5.74, 6) is 4.46. The number of allylic oxidation sites excluding steroid dienone is 1. The summed E-state index contributed by atoms with van der Waals surface area (Å²) in [6, 6.07) is 0. The third kappa shape index (κ3) is 4.83. The van der Waals surface area contributed by atoms with Crippen LogP contribution in [0.4, 0.5) is 0 Å². The number of hydrogen-bond donors (Lipinski definition) is 0. The number of methoxy groups -OCH3 is 1. The smallest absolute Gasteiger partial charge is 0.110 e. The highest BCUT2D eigenvalue weighted by Crippen LogP contribution is 2.74. The van der Waals surface area contributed by atoms with Gasteiger partial charge in [-0.3, -0.25) is 0 Å². The van der Waals surface area contributed by atoms with Crippen LogP contribution in [-0.2, 0) is 9.47 Å². The molecular weight excluding hydrogens is 415 g/mol. The fraction of sp³-hybridized carbons (Fsp3) is 0.935. The lowest BCUT2D eigenvalue weighted by atomic mass is 9.35. The molecule has 3 heteroatoms. The Kier molecular flexibility index (Phi) is 8.35. The van der Waals surface area contributed by atoms with Crippen molar-refractivity contribution in [3.63, 3.8) is 0 Å². The van der Waals surface area contributed by atoms with E-state index in [4.69, 9.17) is 9.47 Å². The molecule has 0 aromatic heterocycles. The molecule has 0 heterocycles. The Morgan fingerprint density at radius 1 is 0.971 bits per heavy atom. The van der Waals surface area contributed by atoms with Crippen molar-refractivity contribution in [3.8, 4) is 0 Å². The Hall–Kier alpha value is -0.275. The maximum atomic E-state index is 6.29. The van der Waals surface area contributed by atoms with Crippen LogP contribution in [0.15, 0.2) is 11.6 Å². The standard InChI is InChI=1S/C31H55BO2/c1-22(2)9-7-10-23(3)26-11-12-27-30(26,5)17-15-28-29(4)16-14-25(34-20-8-19-33-6)21-24(29)13-18-31(27,28)32/h13,22-23,25-28H,7-12,14-21,32H2,1-6H3/t23-,25?,26?,27?,28?,29?,30?,31?/m1/s1. The van der Waals surface area contributed by atoms with Crippen LogP contribution in [0.1, 0.15) is 112 Å². The molecule has 0 saturated heterocycles. The molecule has 3 saturated carbocycles. The second-order valence-corrected chi connectivity index (χ2v) is 14.1. The van der Waals surface area contributed by atoms with Gasteiger partial charge in [0.15, 0.2) is 0 Å². The summed E-state index contributed by atoms with van der Waals surface area (Å²) >= 11 is 0. The molecule has 4 aliphatic carbocycles. The monoisotopic (exact) mass is 470 g/mol. The SMILES string of the molecule is BC12CC=C3CC(OCCCOC)CCC3(C)C1CCC1(C)C([C@H](C)CCCC(C)C)CCC21. The Balaban J connectivity index is 1.45. The predicted molar refractivity (Wildman–Crippen MR) is 147 cm³/mol. The van der Waals surface area contributed by atoms with Crippen molar-refractivity contribution >= 4 is 7.85 Å². The van der Waals surface area contributed by atoms with Gasteiger partial charge in [-0.25, -0.2) is 0 Å². The number of fused-ring (bicyclic) bond motifs is 5. The fourth-order valence-electron chi connectivity index (χ4n) is 9.90. The molecule has 7 unspecified atom stereocenters. The van der Waals surface area contributed by atoms with E-state index in [0.717, 1.165) is 49.2 Å². The van der Waals surface area contributed by atoms with Gasteiger partial charge in [-0.1, -0.05) is 65.5 Å². The zero-order chi connectivity index (χ0) is 24.6. The third-order valence-corrected chi connectivity index (χ3v) is 11.7. The first-order valence-corrected chi connectivity index (χ1v) is 14.9. The van der Waals surface area contributed by atoms with Crippen LogP contribution in [0, 0.1) is 40.4 Å². The molecule has 0 aromatic carbocycles. The normalized spacial score (nSPS) is 42.6. The Morgan fingerprint density at radius 3 is 2.50 bits per heavy atom. The first-order chi connectivity index (χ1) is 16.1. The van der Waals surface area contributed by atoms with E-state index in [1.807, 2.05) is 0 Å². The molecule has 4 rings (SSSR count). The van der Waals surface area contributed by atoms with Gasteiger partial charge in [0, 0.05) is 20.3 Å². The minimum absolute atomic E-state index is 0.404. The van der Waals surface area contributed by atoms with E-state index < -0.39 is 0 Å². The summed E-state index contributed by atoms with van der Waals surface area (Å²) in [6.07, 6.45) is 19.4. The predicted octanol–water partition coefficient (Wildman–Crippen LogP) is 7.63. The van der Waals surface area contributed by atoms with Gasteiger partial charge in [0.2, 0.25) is 0 Å². The average Bonchev–Trinajstić information content (AvgIpc) is 3.15. The highest BCUT2D eigenvalue weighted by Gasteiger charge is 2.63. The molecule has 4 aliphatic rings. The third-order valence-electron chi connectivity index (χ3n) is 11.7. The van der Waals surface area contributed by atoms with Crippen LogP contribution in [0.25, 0.3) is 0 Å². The van der Waals surface area contributed by atoms with E-state index in [2.05, 4.69) is 48.5 Å². The summed E-state index contributed by atoms with van der Waals surface area (Å²) in [6.45, 7) is 14.4. The Morgan fingerprint density at radius 2 is 1.76 bits per heavy atom. The molecule has 34 heavy (non-hydrogen) atoms. The van der Waals surface area contributed by atoms with Crippen LogP contribution in [0.2, 0.25) is 5.31 Å². The molecule has 3 fully saturated rings. The second-order valence-electron chi connectivity index (χ2n) is 14.1. The first-order valence-electron chi connectivity index (χ1n) is 14.9. The van der Waals surface area contributed by atoms with Gasteiger partial charge in [-0.15, -0.1) is 0 Å². The molecule has 0 bridgehead atoms. The molecule has 0 N–H and O–H groups in total. The zero-order valence-corrected chi connectivity index (χ0v) is 23.8. The summed E-state index contributed by atoms with van der Waals surface area (Å²) in [5, 5.41) is 0.490. The molecule has 0 aromatic rings. The summed E-state index contributed by atoms with van der Waals surface area (Å²) in [7, 11) is 4.50. The lowest BCUT2D eigenvalue weighted by molar-refractivity contribution is -0.0561. The highest BCUT2D eigenvalue weighted by atomic mass is 16.5. The maximum Gasteiger partial charge on any atom is 0.110 e. The van der Waals surface area contributed by atoms with Gasteiger partial charge in [-0.05, 0) is 104 Å². The maximum absolute atomic E-state index is 6.29. The minimum atomic E-state index is 0.404. The number of hydrogen-bond acceptors (Lipinski definition) is 2. The molecule has 0 aliphatic heterocycles. The lowest BCUT2D eigenvalue weighted by Gasteiger charge is -2.64. The van der Waals surface area contributed by atoms with Gasteiger partial charge >= 0.3 is 0 Å². The van der Waals surface area contributed by atoms with Crippen molar-refractivity contribution in [2.45, 2.75) is 123 Å². The van der Waals surface area contributed by atoms with Gasteiger partial charge in [0.05, 0.1) is 6.10 Å². The summed E-state index contributed by atoms with van der Waals surface area (Å²) in [4.78, 5) is 0. The van der Waals surface area contributed by atoms with Crippen molar-refractivity contribution in [3.05, 3.63) is 11.6 Å².